The van der Waals surface area contributed by atoms with Crippen molar-refractivity contribution < 1.29 is 4.74 Å². The first-order valence-corrected chi connectivity index (χ1v) is 5.23. The number of benzene rings is 1. The summed E-state index contributed by atoms with van der Waals surface area (Å²) in [5.41, 5.74) is 2.41. The van der Waals surface area contributed by atoms with Crippen LogP contribution in [0.25, 0.3) is 0 Å². The van der Waals surface area contributed by atoms with Crippen molar-refractivity contribution in [1.82, 2.24) is 0 Å². The molecule has 0 fully saturated rings. The molecule has 1 aromatic carbocycles. The number of aliphatic imine (C=N–C) groups is 1. The maximum absolute atomic E-state index is 9.04. The summed E-state index contributed by atoms with van der Waals surface area (Å²) in [7, 11) is 1.74. The Balaban J connectivity index is 3.13. The SMILES string of the molecule is CN=C(C)c1ccc(OC(C)C)c(C#N)c1. The molecule has 0 atom stereocenters. The highest BCUT2D eigenvalue weighted by Gasteiger charge is 2.07. The molecule has 0 aromatic heterocycles. The zero-order chi connectivity index (χ0) is 12.1. The molecule has 0 unspecified atom stereocenters. The minimum Gasteiger partial charge on any atom is -0.490 e. The van der Waals surface area contributed by atoms with E-state index in [9.17, 15) is 0 Å². The Kier molecular flexibility index (Phi) is 4.07. The van der Waals surface area contributed by atoms with Gasteiger partial charge >= 0.3 is 0 Å². The first-order chi connectivity index (χ1) is 7.58. The Labute approximate surface area is 96.4 Å². The fourth-order valence-electron chi connectivity index (χ4n) is 1.33. The van der Waals surface area contributed by atoms with Crippen LogP contribution in [0.5, 0.6) is 5.75 Å². The third-order valence-corrected chi connectivity index (χ3v) is 2.22. The van der Waals surface area contributed by atoms with Crippen molar-refractivity contribution in [3.05, 3.63) is 29.3 Å². The molecule has 0 aliphatic carbocycles. The monoisotopic (exact) mass is 216 g/mol. The molecule has 1 rings (SSSR count). The van der Waals surface area contributed by atoms with Gasteiger partial charge in [0.15, 0.2) is 0 Å². The first-order valence-electron chi connectivity index (χ1n) is 5.23. The fraction of sp³-hybridized carbons (Fsp3) is 0.385. The van der Waals surface area contributed by atoms with Crippen molar-refractivity contribution >= 4 is 5.71 Å². The van der Waals surface area contributed by atoms with Gasteiger partial charge < -0.3 is 4.74 Å². The van der Waals surface area contributed by atoms with Gasteiger partial charge in [-0.3, -0.25) is 4.99 Å². The summed E-state index contributed by atoms with van der Waals surface area (Å²) in [6.45, 7) is 5.79. The highest BCUT2D eigenvalue weighted by atomic mass is 16.5. The topological polar surface area (TPSA) is 45.4 Å². The lowest BCUT2D eigenvalue weighted by Crippen LogP contribution is -2.07. The summed E-state index contributed by atoms with van der Waals surface area (Å²) in [6, 6.07) is 7.69. The van der Waals surface area contributed by atoms with Crippen LogP contribution in [-0.4, -0.2) is 18.9 Å². The molecule has 0 amide bonds. The molecule has 3 nitrogen and oxygen atoms in total. The largest absolute Gasteiger partial charge is 0.490 e. The zero-order valence-electron chi connectivity index (χ0n) is 10.1. The Morgan fingerprint density at radius 3 is 2.62 bits per heavy atom. The third-order valence-electron chi connectivity index (χ3n) is 2.22. The van der Waals surface area contributed by atoms with Gasteiger partial charge in [0.1, 0.15) is 11.8 Å². The normalized spacial score (nSPS) is 11.4. The molecule has 0 aliphatic rings. The first kappa shape index (κ1) is 12.3. The number of hydrogen-bond acceptors (Lipinski definition) is 3. The lowest BCUT2D eigenvalue weighted by molar-refractivity contribution is 0.241. The van der Waals surface area contributed by atoms with E-state index in [1.165, 1.54) is 0 Å². The summed E-state index contributed by atoms with van der Waals surface area (Å²) in [5, 5.41) is 9.04. The lowest BCUT2D eigenvalue weighted by Gasteiger charge is -2.12. The van der Waals surface area contributed by atoms with Gasteiger partial charge in [-0.1, -0.05) is 0 Å². The van der Waals surface area contributed by atoms with Crippen LogP contribution in [0.15, 0.2) is 23.2 Å². The van der Waals surface area contributed by atoms with Crippen LogP contribution < -0.4 is 4.74 Å². The molecular weight excluding hydrogens is 200 g/mol. The van der Waals surface area contributed by atoms with Crippen molar-refractivity contribution in [2.45, 2.75) is 26.9 Å². The maximum Gasteiger partial charge on any atom is 0.137 e. The molecule has 84 valence electrons. The predicted molar refractivity (Wildman–Crippen MR) is 65.1 cm³/mol. The summed E-state index contributed by atoms with van der Waals surface area (Å²) in [5.74, 6) is 0.630. The van der Waals surface area contributed by atoms with Gasteiger partial charge in [0.05, 0.1) is 11.7 Å². The number of hydrogen-bond donors (Lipinski definition) is 0. The second-order valence-electron chi connectivity index (χ2n) is 3.80. The van der Waals surface area contributed by atoms with Gasteiger partial charge in [0, 0.05) is 12.8 Å². The van der Waals surface area contributed by atoms with E-state index in [0.717, 1.165) is 11.3 Å². The number of rotatable bonds is 3. The van der Waals surface area contributed by atoms with Crippen LogP contribution in [0.2, 0.25) is 0 Å². The standard InChI is InChI=1S/C13H16N2O/c1-9(2)16-13-6-5-11(10(3)15-4)7-12(13)8-14/h5-7,9H,1-4H3. The summed E-state index contributed by atoms with van der Waals surface area (Å²) in [4.78, 5) is 4.09. The van der Waals surface area contributed by atoms with Gasteiger partial charge in [0.2, 0.25) is 0 Å². The second kappa shape index (κ2) is 5.32. The molecule has 3 heteroatoms. The van der Waals surface area contributed by atoms with Gasteiger partial charge in [-0.05, 0) is 44.5 Å². The smallest absolute Gasteiger partial charge is 0.137 e. The van der Waals surface area contributed by atoms with Crippen molar-refractivity contribution in [2.75, 3.05) is 7.05 Å². The van der Waals surface area contributed by atoms with Crippen molar-refractivity contribution in [1.29, 1.82) is 5.26 Å². The molecule has 1 aromatic rings. The molecule has 16 heavy (non-hydrogen) atoms. The van der Waals surface area contributed by atoms with E-state index in [4.69, 9.17) is 10.00 Å². The Morgan fingerprint density at radius 2 is 2.12 bits per heavy atom. The number of nitrogens with zero attached hydrogens (tertiary/aromatic N) is 2. The average molecular weight is 216 g/mol. The molecule has 0 N–H and O–H groups in total. The van der Waals surface area contributed by atoms with Crippen LogP contribution in [0.3, 0.4) is 0 Å². The van der Waals surface area contributed by atoms with Crippen LogP contribution in [-0.2, 0) is 0 Å². The Hall–Kier alpha value is -1.82. The van der Waals surface area contributed by atoms with Crippen LogP contribution in [0, 0.1) is 11.3 Å². The molecule has 0 saturated carbocycles. The van der Waals surface area contributed by atoms with E-state index in [1.807, 2.05) is 32.9 Å². The van der Waals surface area contributed by atoms with E-state index in [-0.39, 0.29) is 6.10 Å². The van der Waals surface area contributed by atoms with Gasteiger partial charge in [-0.2, -0.15) is 5.26 Å². The molecule has 0 spiro atoms. The molecule has 0 saturated heterocycles. The van der Waals surface area contributed by atoms with E-state index >= 15 is 0 Å². The summed E-state index contributed by atoms with van der Waals surface area (Å²) in [6.07, 6.45) is 0.0684. The van der Waals surface area contributed by atoms with Gasteiger partial charge in [-0.15, -0.1) is 0 Å². The quantitative estimate of drug-likeness (QED) is 0.729. The average Bonchev–Trinajstić information content (AvgIpc) is 2.27. The van der Waals surface area contributed by atoms with Crippen LogP contribution in [0.4, 0.5) is 0 Å². The second-order valence-corrected chi connectivity index (χ2v) is 3.80. The lowest BCUT2D eigenvalue weighted by atomic mass is 10.1. The molecular formula is C13H16N2O. The third kappa shape index (κ3) is 2.83. The van der Waals surface area contributed by atoms with Gasteiger partial charge in [0.25, 0.3) is 0 Å². The van der Waals surface area contributed by atoms with E-state index in [1.54, 1.807) is 13.1 Å². The molecule has 0 bridgehead atoms. The fourth-order valence-corrected chi connectivity index (χ4v) is 1.33. The van der Waals surface area contributed by atoms with Gasteiger partial charge in [-0.25, -0.2) is 0 Å². The van der Waals surface area contributed by atoms with Crippen LogP contribution >= 0.6 is 0 Å². The van der Waals surface area contributed by atoms with E-state index in [2.05, 4.69) is 11.1 Å². The van der Waals surface area contributed by atoms with E-state index in [0.29, 0.717) is 11.3 Å². The summed E-state index contributed by atoms with van der Waals surface area (Å²) < 4.78 is 5.54. The highest BCUT2D eigenvalue weighted by molar-refractivity contribution is 5.99. The van der Waals surface area contributed by atoms with Crippen molar-refractivity contribution in [3.63, 3.8) is 0 Å². The highest BCUT2D eigenvalue weighted by Crippen LogP contribution is 2.21. The zero-order valence-corrected chi connectivity index (χ0v) is 10.1. The molecule has 0 aliphatic heterocycles. The predicted octanol–water partition coefficient (Wildman–Crippen LogP) is 2.78. The minimum absolute atomic E-state index is 0.0684. The van der Waals surface area contributed by atoms with E-state index < -0.39 is 0 Å². The van der Waals surface area contributed by atoms with Crippen molar-refractivity contribution in [2.24, 2.45) is 4.99 Å². The molecule has 0 heterocycles. The Bertz CT molecular complexity index is 442. The Morgan fingerprint density at radius 1 is 1.44 bits per heavy atom. The maximum atomic E-state index is 9.04. The van der Waals surface area contributed by atoms with Crippen LogP contribution in [0.1, 0.15) is 31.9 Å². The minimum atomic E-state index is 0.0684. The van der Waals surface area contributed by atoms with Crippen molar-refractivity contribution in [3.8, 4) is 11.8 Å². The summed E-state index contributed by atoms with van der Waals surface area (Å²) >= 11 is 0. The number of ether oxygens (including phenoxy) is 1. The number of nitriles is 1. The molecule has 0 radical (unpaired) electrons.